The van der Waals surface area contributed by atoms with Gasteiger partial charge in [-0.15, -0.1) is 0 Å². The molecule has 27 heavy (non-hydrogen) atoms. The van der Waals surface area contributed by atoms with Crippen LogP contribution in [0.4, 0.5) is 16.2 Å². The van der Waals surface area contributed by atoms with E-state index in [-0.39, 0.29) is 11.9 Å². The Morgan fingerprint density at radius 2 is 1.81 bits per heavy atom. The van der Waals surface area contributed by atoms with Crippen LogP contribution in [0.2, 0.25) is 5.02 Å². The SMILES string of the molecule is Cc1ccc(NC(=O)N2CCC3(CC2)NC(=O)c2cccc(Cl)c2N3)cc1. The third kappa shape index (κ3) is 3.45. The van der Waals surface area contributed by atoms with Gasteiger partial charge in [0, 0.05) is 31.6 Å². The van der Waals surface area contributed by atoms with Crippen LogP contribution in [0.3, 0.4) is 0 Å². The van der Waals surface area contributed by atoms with Gasteiger partial charge in [0.1, 0.15) is 5.66 Å². The molecule has 2 aromatic carbocycles. The first-order valence-corrected chi connectivity index (χ1v) is 9.35. The zero-order chi connectivity index (χ0) is 19.0. The van der Waals surface area contributed by atoms with Crippen molar-refractivity contribution in [3.8, 4) is 0 Å². The maximum atomic E-state index is 12.5. The molecule has 0 aliphatic carbocycles. The van der Waals surface area contributed by atoms with Crippen molar-refractivity contribution in [1.82, 2.24) is 10.2 Å². The second kappa shape index (κ2) is 6.78. The topological polar surface area (TPSA) is 73.5 Å². The van der Waals surface area contributed by atoms with Crippen molar-refractivity contribution in [2.45, 2.75) is 25.4 Å². The molecule has 2 aliphatic rings. The van der Waals surface area contributed by atoms with Crippen molar-refractivity contribution >= 4 is 34.9 Å². The Bertz CT molecular complexity index is 889. The number of carbonyl (C=O) groups excluding carboxylic acids is 2. The number of anilines is 2. The number of benzene rings is 2. The van der Waals surface area contributed by atoms with Crippen molar-refractivity contribution in [2.24, 2.45) is 0 Å². The van der Waals surface area contributed by atoms with Crippen LogP contribution in [0.5, 0.6) is 0 Å². The zero-order valence-electron chi connectivity index (χ0n) is 15.0. The van der Waals surface area contributed by atoms with Crippen molar-refractivity contribution in [1.29, 1.82) is 0 Å². The first-order valence-electron chi connectivity index (χ1n) is 8.98. The van der Waals surface area contributed by atoms with Crippen LogP contribution in [-0.4, -0.2) is 35.6 Å². The smallest absolute Gasteiger partial charge is 0.321 e. The molecule has 7 heteroatoms. The minimum atomic E-state index is -0.574. The minimum absolute atomic E-state index is 0.130. The quantitative estimate of drug-likeness (QED) is 0.699. The molecule has 4 rings (SSSR count). The lowest BCUT2D eigenvalue weighted by molar-refractivity contribution is 0.0852. The van der Waals surface area contributed by atoms with E-state index in [9.17, 15) is 9.59 Å². The van der Waals surface area contributed by atoms with Crippen molar-refractivity contribution < 1.29 is 9.59 Å². The van der Waals surface area contributed by atoms with Gasteiger partial charge in [-0.05, 0) is 31.2 Å². The van der Waals surface area contributed by atoms with E-state index in [1.165, 1.54) is 0 Å². The van der Waals surface area contributed by atoms with E-state index in [0.29, 0.717) is 42.2 Å². The van der Waals surface area contributed by atoms with Gasteiger partial charge in [-0.3, -0.25) is 4.79 Å². The van der Waals surface area contributed by atoms with Gasteiger partial charge in [0.15, 0.2) is 0 Å². The number of carbonyl (C=O) groups is 2. The normalized spacial score (nSPS) is 17.7. The van der Waals surface area contributed by atoms with Crippen molar-refractivity contribution in [3.63, 3.8) is 0 Å². The summed E-state index contributed by atoms with van der Waals surface area (Å²) in [5.74, 6) is -0.135. The third-order valence-corrected chi connectivity index (χ3v) is 5.50. The standard InChI is InChI=1S/C20H21ClN4O2/c1-13-5-7-14(8-6-13)22-19(27)25-11-9-20(10-12-25)23-17-15(18(26)24-20)3-2-4-16(17)21/h2-8,23H,9-12H2,1H3,(H,22,27)(H,24,26). The molecular weight excluding hydrogens is 364 g/mol. The van der Waals surface area contributed by atoms with E-state index in [1.54, 1.807) is 23.1 Å². The Morgan fingerprint density at radius 1 is 1.11 bits per heavy atom. The molecule has 0 unspecified atom stereocenters. The molecule has 0 aromatic heterocycles. The second-order valence-electron chi connectivity index (χ2n) is 7.11. The van der Waals surface area contributed by atoms with Gasteiger partial charge in [-0.25, -0.2) is 4.79 Å². The fourth-order valence-corrected chi connectivity index (χ4v) is 3.80. The number of para-hydroxylation sites is 1. The summed E-state index contributed by atoms with van der Waals surface area (Å²) in [6.45, 7) is 3.07. The van der Waals surface area contributed by atoms with Gasteiger partial charge in [0.25, 0.3) is 5.91 Å². The summed E-state index contributed by atoms with van der Waals surface area (Å²) in [6, 6.07) is 12.9. The largest absolute Gasteiger partial charge is 0.361 e. The number of piperidine rings is 1. The van der Waals surface area contributed by atoms with Gasteiger partial charge in [0.05, 0.1) is 16.3 Å². The van der Waals surface area contributed by atoms with E-state index < -0.39 is 5.66 Å². The maximum absolute atomic E-state index is 12.5. The Balaban J connectivity index is 1.43. The molecule has 2 aliphatic heterocycles. The van der Waals surface area contributed by atoms with Crippen molar-refractivity contribution in [3.05, 3.63) is 58.6 Å². The molecule has 0 atom stereocenters. The number of amides is 3. The van der Waals surface area contributed by atoms with Gasteiger partial charge < -0.3 is 20.9 Å². The average Bonchev–Trinajstić information content (AvgIpc) is 2.65. The van der Waals surface area contributed by atoms with Crippen LogP contribution in [0.25, 0.3) is 0 Å². The Hall–Kier alpha value is -2.73. The number of likely N-dealkylation sites (tertiary alicyclic amines) is 1. The first kappa shape index (κ1) is 17.7. The summed E-state index contributed by atoms with van der Waals surface area (Å²) in [5.41, 5.74) is 2.56. The molecule has 140 valence electrons. The Kier molecular flexibility index (Phi) is 4.44. The van der Waals surface area contributed by atoms with Gasteiger partial charge in [0.2, 0.25) is 0 Å². The number of hydrogen-bond acceptors (Lipinski definition) is 3. The van der Waals surface area contributed by atoms with Gasteiger partial charge in [-0.2, -0.15) is 0 Å². The van der Waals surface area contributed by atoms with Crippen LogP contribution < -0.4 is 16.0 Å². The van der Waals surface area contributed by atoms with Crippen LogP contribution in [0, 0.1) is 6.92 Å². The van der Waals surface area contributed by atoms with E-state index in [4.69, 9.17) is 11.6 Å². The zero-order valence-corrected chi connectivity index (χ0v) is 15.8. The molecule has 2 heterocycles. The molecule has 1 spiro atoms. The maximum Gasteiger partial charge on any atom is 0.321 e. The predicted molar refractivity (Wildman–Crippen MR) is 106 cm³/mol. The molecule has 0 radical (unpaired) electrons. The highest BCUT2D eigenvalue weighted by atomic mass is 35.5. The van der Waals surface area contributed by atoms with Crippen LogP contribution in [0.1, 0.15) is 28.8 Å². The highest BCUT2D eigenvalue weighted by Crippen LogP contribution is 2.35. The lowest BCUT2D eigenvalue weighted by Crippen LogP contribution is -2.63. The molecular formula is C20H21ClN4O2. The van der Waals surface area contributed by atoms with Gasteiger partial charge >= 0.3 is 6.03 Å². The molecule has 2 aromatic rings. The second-order valence-corrected chi connectivity index (χ2v) is 7.51. The first-order chi connectivity index (χ1) is 13.0. The molecule has 0 saturated carbocycles. The summed E-state index contributed by atoms with van der Waals surface area (Å²) in [5, 5.41) is 9.92. The fraction of sp³-hybridized carbons (Fsp3) is 0.300. The number of urea groups is 1. The third-order valence-electron chi connectivity index (χ3n) is 5.18. The Morgan fingerprint density at radius 3 is 2.52 bits per heavy atom. The lowest BCUT2D eigenvalue weighted by atomic mass is 9.92. The summed E-state index contributed by atoms with van der Waals surface area (Å²) < 4.78 is 0. The van der Waals surface area contributed by atoms with Crippen LogP contribution in [-0.2, 0) is 0 Å². The average molecular weight is 385 g/mol. The lowest BCUT2D eigenvalue weighted by Gasteiger charge is -2.46. The van der Waals surface area contributed by atoms with Gasteiger partial charge in [-0.1, -0.05) is 35.4 Å². The van der Waals surface area contributed by atoms with E-state index in [0.717, 1.165) is 11.3 Å². The minimum Gasteiger partial charge on any atom is -0.361 e. The summed E-state index contributed by atoms with van der Waals surface area (Å²) in [4.78, 5) is 26.8. The van der Waals surface area contributed by atoms with Crippen LogP contribution >= 0.6 is 11.6 Å². The summed E-state index contributed by atoms with van der Waals surface area (Å²) >= 11 is 6.27. The molecule has 1 fully saturated rings. The van der Waals surface area contributed by atoms with Crippen molar-refractivity contribution in [2.75, 3.05) is 23.7 Å². The molecule has 3 N–H and O–H groups in total. The number of hydrogen-bond donors (Lipinski definition) is 3. The number of aryl methyl sites for hydroxylation is 1. The highest BCUT2D eigenvalue weighted by Gasteiger charge is 2.41. The number of halogens is 1. The molecule has 1 saturated heterocycles. The fourth-order valence-electron chi connectivity index (χ4n) is 3.58. The highest BCUT2D eigenvalue weighted by molar-refractivity contribution is 6.34. The molecule has 0 bridgehead atoms. The van der Waals surface area contributed by atoms with Crippen LogP contribution in [0.15, 0.2) is 42.5 Å². The summed E-state index contributed by atoms with van der Waals surface area (Å²) in [6.07, 6.45) is 1.20. The number of nitrogens with one attached hydrogen (secondary N) is 3. The van der Waals surface area contributed by atoms with E-state index in [1.807, 2.05) is 31.2 Å². The number of rotatable bonds is 1. The molecule has 3 amide bonds. The van der Waals surface area contributed by atoms with E-state index in [2.05, 4.69) is 16.0 Å². The monoisotopic (exact) mass is 384 g/mol. The number of fused-ring (bicyclic) bond motifs is 1. The van der Waals surface area contributed by atoms with E-state index >= 15 is 0 Å². The summed E-state index contributed by atoms with van der Waals surface area (Å²) in [7, 11) is 0. The predicted octanol–water partition coefficient (Wildman–Crippen LogP) is 3.83. The number of nitrogens with zero attached hydrogens (tertiary/aromatic N) is 1. The Labute approximate surface area is 162 Å². The molecule has 6 nitrogen and oxygen atoms in total.